The molecule has 0 radical (unpaired) electrons. The second-order valence-electron chi connectivity index (χ2n) is 6.83. The lowest BCUT2D eigenvalue weighted by molar-refractivity contribution is 0.0924. The van der Waals surface area contributed by atoms with Gasteiger partial charge in [0.05, 0.1) is 23.9 Å². The molecule has 0 bridgehead atoms. The lowest BCUT2D eigenvalue weighted by Crippen LogP contribution is -2.29. The van der Waals surface area contributed by atoms with Gasteiger partial charge in [-0.25, -0.2) is 4.90 Å². The predicted octanol–water partition coefficient (Wildman–Crippen LogP) is 3.76. The lowest BCUT2D eigenvalue weighted by Gasteiger charge is -2.16. The van der Waals surface area contributed by atoms with Gasteiger partial charge in [0.2, 0.25) is 0 Å². The Balaban J connectivity index is 1.65. The van der Waals surface area contributed by atoms with Crippen molar-refractivity contribution >= 4 is 29.1 Å². The van der Waals surface area contributed by atoms with Crippen LogP contribution in [0.1, 0.15) is 36.6 Å². The summed E-state index contributed by atoms with van der Waals surface area (Å²) in [6, 6.07) is 15.7. The standard InChI is InChI=1S/C23H18N2O5/c1-13-11-15(26)8-10-18(13)24-21(27)14-7-9-16-17(12-14)23(29)25(22(16)28)19-5-3-4-6-20(19)30-2/h3-12,26H,1-2H3,(H,24,27). The highest BCUT2D eigenvalue weighted by Gasteiger charge is 2.38. The average molecular weight is 402 g/mol. The number of carbonyl (C=O) groups excluding carboxylic acids is 3. The van der Waals surface area contributed by atoms with Crippen LogP contribution in [0, 0.1) is 6.92 Å². The Bertz CT molecular complexity index is 1200. The highest BCUT2D eigenvalue weighted by molar-refractivity contribution is 6.35. The minimum absolute atomic E-state index is 0.101. The van der Waals surface area contributed by atoms with Gasteiger partial charge in [0.1, 0.15) is 11.5 Å². The van der Waals surface area contributed by atoms with Crippen molar-refractivity contribution in [2.45, 2.75) is 6.92 Å². The molecule has 0 aromatic heterocycles. The van der Waals surface area contributed by atoms with E-state index in [2.05, 4.69) is 5.32 Å². The van der Waals surface area contributed by atoms with Gasteiger partial charge in [-0.2, -0.15) is 0 Å². The number of rotatable bonds is 4. The van der Waals surface area contributed by atoms with E-state index in [1.54, 1.807) is 37.3 Å². The van der Waals surface area contributed by atoms with E-state index in [-0.39, 0.29) is 22.4 Å². The van der Waals surface area contributed by atoms with E-state index < -0.39 is 17.7 Å². The third kappa shape index (κ3) is 3.16. The summed E-state index contributed by atoms with van der Waals surface area (Å²) < 4.78 is 5.27. The fraction of sp³-hybridized carbons (Fsp3) is 0.0870. The second kappa shape index (κ2) is 7.36. The molecule has 1 heterocycles. The van der Waals surface area contributed by atoms with Crippen molar-refractivity contribution in [3.8, 4) is 11.5 Å². The minimum atomic E-state index is -0.519. The van der Waals surface area contributed by atoms with Gasteiger partial charge in [-0.1, -0.05) is 12.1 Å². The number of hydrogen-bond donors (Lipinski definition) is 2. The van der Waals surface area contributed by atoms with Crippen LogP contribution < -0.4 is 15.0 Å². The van der Waals surface area contributed by atoms with Gasteiger partial charge in [-0.15, -0.1) is 0 Å². The first kappa shape index (κ1) is 19.2. The van der Waals surface area contributed by atoms with E-state index in [1.165, 1.54) is 37.4 Å². The first-order valence-corrected chi connectivity index (χ1v) is 9.17. The zero-order valence-electron chi connectivity index (χ0n) is 16.3. The third-order valence-electron chi connectivity index (χ3n) is 4.93. The molecule has 7 nitrogen and oxygen atoms in total. The number of para-hydroxylation sites is 2. The van der Waals surface area contributed by atoms with Crippen LogP contribution in [-0.4, -0.2) is 29.9 Å². The van der Waals surface area contributed by atoms with Crippen LogP contribution in [0.2, 0.25) is 0 Å². The molecule has 7 heteroatoms. The second-order valence-corrected chi connectivity index (χ2v) is 6.83. The normalized spacial score (nSPS) is 12.7. The number of nitrogens with one attached hydrogen (secondary N) is 1. The Morgan fingerprint density at radius 2 is 1.70 bits per heavy atom. The minimum Gasteiger partial charge on any atom is -0.508 e. The maximum atomic E-state index is 13.0. The van der Waals surface area contributed by atoms with Crippen molar-refractivity contribution in [1.82, 2.24) is 0 Å². The molecular weight excluding hydrogens is 384 g/mol. The van der Waals surface area contributed by atoms with Crippen LogP contribution >= 0.6 is 0 Å². The van der Waals surface area contributed by atoms with Gasteiger partial charge >= 0.3 is 0 Å². The van der Waals surface area contributed by atoms with Gasteiger partial charge < -0.3 is 15.2 Å². The number of phenolic OH excluding ortho intramolecular Hbond substituents is 1. The van der Waals surface area contributed by atoms with Crippen molar-refractivity contribution in [3.63, 3.8) is 0 Å². The van der Waals surface area contributed by atoms with Crippen molar-refractivity contribution < 1.29 is 24.2 Å². The number of nitrogens with zero attached hydrogens (tertiary/aromatic N) is 1. The van der Waals surface area contributed by atoms with Gasteiger partial charge in [-0.3, -0.25) is 14.4 Å². The van der Waals surface area contributed by atoms with Crippen LogP contribution in [-0.2, 0) is 0 Å². The molecule has 3 aromatic rings. The van der Waals surface area contributed by atoms with Crippen LogP contribution in [0.4, 0.5) is 11.4 Å². The van der Waals surface area contributed by atoms with Crippen LogP contribution in [0.3, 0.4) is 0 Å². The molecule has 0 aliphatic carbocycles. The van der Waals surface area contributed by atoms with Gasteiger partial charge in [0.25, 0.3) is 17.7 Å². The Morgan fingerprint density at radius 1 is 0.967 bits per heavy atom. The summed E-state index contributed by atoms with van der Waals surface area (Å²) >= 11 is 0. The number of methoxy groups -OCH3 is 1. The molecule has 0 saturated heterocycles. The molecule has 0 saturated carbocycles. The summed E-state index contributed by atoms with van der Waals surface area (Å²) in [6.45, 7) is 1.76. The number of imide groups is 1. The molecule has 0 atom stereocenters. The number of fused-ring (bicyclic) bond motifs is 1. The molecule has 30 heavy (non-hydrogen) atoms. The zero-order chi connectivity index (χ0) is 21.4. The Kier molecular flexibility index (Phi) is 4.71. The van der Waals surface area contributed by atoms with Gasteiger partial charge in [0.15, 0.2) is 0 Å². The number of ether oxygens (including phenoxy) is 1. The Morgan fingerprint density at radius 3 is 2.43 bits per heavy atom. The number of benzene rings is 3. The summed E-state index contributed by atoms with van der Waals surface area (Å²) in [6.07, 6.45) is 0. The van der Waals surface area contributed by atoms with E-state index in [0.29, 0.717) is 22.7 Å². The summed E-state index contributed by atoms with van der Waals surface area (Å²) in [7, 11) is 1.46. The van der Waals surface area contributed by atoms with Crippen LogP contribution in [0.25, 0.3) is 0 Å². The SMILES string of the molecule is COc1ccccc1N1C(=O)c2ccc(C(=O)Nc3ccc(O)cc3C)cc2C1=O. The quantitative estimate of drug-likeness (QED) is 0.512. The van der Waals surface area contributed by atoms with Crippen molar-refractivity contribution in [3.05, 3.63) is 82.9 Å². The van der Waals surface area contributed by atoms with E-state index in [4.69, 9.17) is 4.74 Å². The molecule has 3 aromatic carbocycles. The number of carbonyl (C=O) groups is 3. The number of hydrogen-bond acceptors (Lipinski definition) is 5. The molecule has 1 aliphatic heterocycles. The molecule has 0 unspecified atom stereocenters. The van der Waals surface area contributed by atoms with Crippen LogP contribution in [0.5, 0.6) is 11.5 Å². The topological polar surface area (TPSA) is 95.9 Å². The van der Waals surface area contributed by atoms with Gasteiger partial charge in [-0.05, 0) is 61.0 Å². The molecule has 2 N–H and O–H groups in total. The highest BCUT2D eigenvalue weighted by atomic mass is 16.5. The zero-order valence-corrected chi connectivity index (χ0v) is 16.3. The van der Waals surface area contributed by atoms with Crippen molar-refractivity contribution in [2.24, 2.45) is 0 Å². The average Bonchev–Trinajstić information content (AvgIpc) is 2.99. The number of aryl methyl sites for hydroxylation is 1. The van der Waals surface area contributed by atoms with Crippen LogP contribution in [0.15, 0.2) is 60.7 Å². The molecule has 3 amide bonds. The van der Waals surface area contributed by atoms with Crippen molar-refractivity contribution in [2.75, 3.05) is 17.3 Å². The number of amides is 3. The predicted molar refractivity (Wildman–Crippen MR) is 111 cm³/mol. The van der Waals surface area contributed by atoms with E-state index in [1.807, 2.05) is 0 Å². The Hall–Kier alpha value is -4.13. The molecule has 0 spiro atoms. The molecule has 4 rings (SSSR count). The summed E-state index contributed by atoms with van der Waals surface area (Å²) in [5.74, 6) is -0.922. The van der Waals surface area contributed by atoms with E-state index in [9.17, 15) is 19.5 Å². The monoisotopic (exact) mass is 402 g/mol. The maximum absolute atomic E-state index is 13.0. The molecular formula is C23H18N2O5. The lowest BCUT2D eigenvalue weighted by atomic mass is 10.0. The summed E-state index contributed by atoms with van der Waals surface area (Å²) in [4.78, 5) is 39.6. The molecule has 1 aliphatic rings. The fourth-order valence-electron chi connectivity index (χ4n) is 3.40. The molecule has 150 valence electrons. The highest BCUT2D eigenvalue weighted by Crippen LogP contribution is 2.35. The van der Waals surface area contributed by atoms with E-state index >= 15 is 0 Å². The summed E-state index contributed by atoms with van der Waals surface area (Å²) in [5.41, 5.74) is 2.19. The van der Waals surface area contributed by atoms with Crippen molar-refractivity contribution in [1.29, 1.82) is 0 Å². The maximum Gasteiger partial charge on any atom is 0.266 e. The third-order valence-corrected chi connectivity index (χ3v) is 4.93. The number of aromatic hydroxyl groups is 1. The first-order valence-electron chi connectivity index (χ1n) is 9.17. The largest absolute Gasteiger partial charge is 0.508 e. The number of phenols is 1. The van der Waals surface area contributed by atoms with Gasteiger partial charge in [0, 0.05) is 11.3 Å². The Labute approximate surface area is 172 Å². The fourth-order valence-corrected chi connectivity index (χ4v) is 3.40. The smallest absolute Gasteiger partial charge is 0.266 e. The summed E-state index contributed by atoms with van der Waals surface area (Å²) in [5, 5.41) is 12.3. The molecule has 0 fully saturated rings. The number of anilines is 2. The first-order chi connectivity index (χ1) is 14.4. The van der Waals surface area contributed by atoms with E-state index in [0.717, 1.165) is 4.90 Å².